The molecule has 0 aromatic rings. The van der Waals surface area contributed by atoms with Crippen molar-refractivity contribution in [3.63, 3.8) is 0 Å². The maximum absolute atomic E-state index is 10.6. The van der Waals surface area contributed by atoms with Gasteiger partial charge < -0.3 is 25.3 Å². The second-order valence-electron chi connectivity index (χ2n) is 5.10. The summed E-state index contributed by atoms with van der Waals surface area (Å²) in [5, 5.41) is 35.9. The highest BCUT2D eigenvalue weighted by molar-refractivity contribution is 5.68. The predicted molar refractivity (Wildman–Crippen MR) is 67.9 cm³/mol. The van der Waals surface area contributed by atoms with Crippen LogP contribution in [0, 0.1) is 11.3 Å². The van der Waals surface area contributed by atoms with E-state index in [9.17, 15) is 4.79 Å². The molecule has 120 valence electrons. The van der Waals surface area contributed by atoms with Gasteiger partial charge in [0.25, 0.3) is 0 Å². The maximum Gasteiger partial charge on any atom is 0.503 e. The van der Waals surface area contributed by atoms with E-state index in [0.29, 0.717) is 0 Å². The minimum Gasteiger partial charge on any atom is -0.450 e. The van der Waals surface area contributed by atoms with E-state index in [-0.39, 0.29) is 17.8 Å². The second-order valence-corrected chi connectivity index (χ2v) is 5.10. The average molecular weight is 298 g/mol. The van der Waals surface area contributed by atoms with Crippen molar-refractivity contribution < 1.29 is 45.0 Å². The Morgan fingerprint density at radius 3 is 1.50 bits per heavy atom. The fourth-order valence-electron chi connectivity index (χ4n) is 1.44. The molecular weight excluding hydrogens is 276 g/mol. The number of hydrogen-bond donors (Lipinski definition) is 5. The van der Waals surface area contributed by atoms with Crippen LogP contribution in [0.1, 0.15) is 40.5 Å². The Hall–Kier alpha value is -2.03. The molecule has 5 N–H and O–H groups in total. The Kier molecular flexibility index (Phi) is 13.9. The largest absolute Gasteiger partial charge is 0.503 e. The lowest BCUT2D eigenvalue weighted by molar-refractivity contribution is -0.235. The Balaban J connectivity index is -0.000000297. The molecule has 1 unspecified atom stereocenters. The first-order valence-corrected chi connectivity index (χ1v) is 5.49. The van der Waals surface area contributed by atoms with Crippen molar-refractivity contribution in [3.05, 3.63) is 0 Å². The zero-order chi connectivity index (χ0) is 16.9. The highest BCUT2D eigenvalue weighted by Gasteiger charge is 2.18. The van der Waals surface area contributed by atoms with Crippen molar-refractivity contribution in [1.82, 2.24) is 0 Å². The van der Waals surface area contributed by atoms with Crippen LogP contribution in [0.25, 0.3) is 0 Å². The maximum atomic E-state index is 10.6. The number of rotatable bonds is 3. The summed E-state index contributed by atoms with van der Waals surface area (Å²) in [5.41, 5.74) is 0.217. The standard InChI is InChI=1S/C9H18O3.2CH2O3/c1-7(5-8(10)12-11)6-9(2,3)4;2*2-1(3)4/h7,11H,5-6H2,1-4H3;2*(H2,2,3,4). The molecular formula is C11H22O9. The molecule has 0 aromatic carbocycles. The van der Waals surface area contributed by atoms with Gasteiger partial charge in [-0.1, -0.05) is 27.7 Å². The molecule has 0 spiro atoms. The Morgan fingerprint density at radius 2 is 1.30 bits per heavy atom. The van der Waals surface area contributed by atoms with Gasteiger partial charge in [-0.05, 0) is 17.8 Å². The van der Waals surface area contributed by atoms with Crippen LogP contribution < -0.4 is 0 Å². The summed E-state index contributed by atoms with van der Waals surface area (Å²) in [5.74, 6) is -0.295. The lowest BCUT2D eigenvalue weighted by Gasteiger charge is -2.21. The summed E-state index contributed by atoms with van der Waals surface area (Å²) in [4.78, 5) is 31.3. The molecule has 0 saturated heterocycles. The van der Waals surface area contributed by atoms with E-state index in [0.717, 1.165) is 6.42 Å². The monoisotopic (exact) mass is 298 g/mol. The van der Waals surface area contributed by atoms with Gasteiger partial charge >= 0.3 is 18.3 Å². The van der Waals surface area contributed by atoms with Crippen LogP contribution in [0.3, 0.4) is 0 Å². The molecule has 9 heteroatoms. The molecule has 0 aliphatic rings. The van der Waals surface area contributed by atoms with E-state index >= 15 is 0 Å². The van der Waals surface area contributed by atoms with Gasteiger partial charge in [0.2, 0.25) is 0 Å². The van der Waals surface area contributed by atoms with Crippen LogP contribution in [-0.2, 0) is 9.68 Å². The van der Waals surface area contributed by atoms with Crippen molar-refractivity contribution in [2.45, 2.75) is 40.5 Å². The lowest BCUT2D eigenvalue weighted by atomic mass is 9.84. The molecule has 9 nitrogen and oxygen atoms in total. The molecule has 0 amide bonds. The smallest absolute Gasteiger partial charge is 0.450 e. The van der Waals surface area contributed by atoms with E-state index in [2.05, 4.69) is 25.7 Å². The lowest BCUT2D eigenvalue weighted by Crippen LogP contribution is -2.14. The summed E-state index contributed by atoms with van der Waals surface area (Å²) in [6.07, 6.45) is -2.43. The quantitative estimate of drug-likeness (QED) is 0.389. The molecule has 0 aliphatic carbocycles. The summed E-state index contributed by atoms with van der Waals surface area (Å²) >= 11 is 0. The van der Waals surface area contributed by atoms with Crippen molar-refractivity contribution in [2.24, 2.45) is 11.3 Å². The molecule has 20 heavy (non-hydrogen) atoms. The average Bonchev–Trinajstić information content (AvgIpc) is 2.12. The second kappa shape index (κ2) is 12.0. The summed E-state index contributed by atoms with van der Waals surface area (Å²) < 4.78 is 0. The fourth-order valence-corrected chi connectivity index (χ4v) is 1.44. The number of carbonyl (C=O) groups is 3. The number of hydrogen-bond acceptors (Lipinski definition) is 5. The van der Waals surface area contributed by atoms with E-state index in [4.69, 9.17) is 35.3 Å². The summed E-state index contributed by atoms with van der Waals surface area (Å²) in [7, 11) is 0. The molecule has 0 aromatic heterocycles. The van der Waals surface area contributed by atoms with Crippen LogP contribution in [0.15, 0.2) is 0 Å². The van der Waals surface area contributed by atoms with Crippen LogP contribution >= 0.6 is 0 Å². The van der Waals surface area contributed by atoms with Crippen LogP contribution in [-0.4, -0.2) is 44.0 Å². The van der Waals surface area contributed by atoms with Crippen LogP contribution in [0.2, 0.25) is 0 Å². The third-order valence-corrected chi connectivity index (χ3v) is 1.58. The molecule has 0 bridgehead atoms. The third-order valence-electron chi connectivity index (χ3n) is 1.58. The molecule has 0 heterocycles. The molecule has 0 rings (SSSR count). The van der Waals surface area contributed by atoms with Gasteiger partial charge in [-0.25, -0.2) is 14.4 Å². The van der Waals surface area contributed by atoms with Crippen molar-refractivity contribution in [3.8, 4) is 0 Å². The van der Waals surface area contributed by atoms with Crippen LogP contribution in [0.4, 0.5) is 9.59 Å². The highest BCUT2D eigenvalue weighted by Crippen LogP contribution is 2.25. The van der Waals surface area contributed by atoms with Crippen molar-refractivity contribution in [2.75, 3.05) is 0 Å². The van der Waals surface area contributed by atoms with E-state index in [1.807, 2.05) is 6.92 Å². The van der Waals surface area contributed by atoms with Gasteiger partial charge in [0.05, 0.1) is 6.42 Å². The topological polar surface area (TPSA) is 162 Å². The van der Waals surface area contributed by atoms with Crippen molar-refractivity contribution >= 4 is 18.3 Å². The molecule has 0 aliphatic heterocycles. The molecule has 0 fully saturated rings. The first-order chi connectivity index (χ1) is 8.81. The van der Waals surface area contributed by atoms with Crippen molar-refractivity contribution in [1.29, 1.82) is 0 Å². The summed E-state index contributed by atoms with van der Waals surface area (Å²) in [6.45, 7) is 8.33. The van der Waals surface area contributed by atoms with E-state index in [1.165, 1.54) is 0 Å². The first kappa shape index (κ1) is 23.1. The Morgan fingerprint density at radius 1 is 1.00 bits per heavy atom. The zero-order valence-electron chi connectivity index (χ0n) is 11.9. The van der Waals surface area contributed by atoms with Gasteiger partial charge in [0.15, 0.2) is 0 Å². The van der Waals surface area contributed by atoms with Crippen LogP contribution in [0.5, 0.6) is 0 Å². The molecule has 1 atom stereocenters. The molecule has 0 radical (unpaired) electrons. The van der Waals surface area contributed by atoms with E-state index < -0.39 is 18.3 Å². The first-order valence-electron chi connectivity index (χ1n) is 5.49. The van der Waals surface area contributed by atoms with Gasteiger partial charge in [0, 0.05) is 0 Å². The minimum atomic E-state index is -1.83. The minimum absolute atomic E-state index is 0.217. The number of carbonyl (C=O) groups excluding carboxylic acids is 1. The Bertz CT molecular complexity index is 273. The van der Waals surface area contributed by atoms with Gasteiger partial charge in [-0.15, -0.1) is 0 Å². The van der Waals surface area contributed by atoms with Gasteiger partial charge in [0.1, 0.15) is 0 Å². The normalized spacial score (nSPS) is 10.8. The van der Waals surface area contributed by atoms with Gasteiger partial charge in [-0.2, -0.15) is 5.26 Å². The van der Waals surface area contributed by atoms with Gasteiger partial charge in [-0.3, -0.25) is 0 Å². The number of carboxylic acid groups (broad SMARTS) is 4. The SMILES string of the molecule is CC(CC(=O)OO)CC(C)(C)C.O=C(O)O.O=C(O)O. The van der Waals surface area contributed by atoms with E-state index in [1.54, 1.807) is 0 Å². The summed E-state index contributed by atoms with van der Waals surface area (Å²) in [6, 6.07) is 0. The highest BCUT2D eigenvalue weighted by atomic mass is 17.1. The zero-order valence-corrected chi connectivity index (χ0v) is 11.9. The fraction of sp³-hybridized carbons (Fsp3) is 0.727. The molecule has 0 saturated carbocycles. The third kappa shape index (κ3) is 44.5. The predicted octanol–water partition coefficient (Wildman–Crippen LogP) is 2.91. The Labute approximate surface area is 116 Å².